The number of aliphatic hydroxyl groups excluding tert-OH is 1. The van der Waals surface area contributed by atoms with E-state index in [1.165, 1.54) is 51.9 Å². The highest BCUT2D eigenvalue weighted by Crippen LogP contribution is 2.24. The summed E-state index contributed by atoms with van der Waals surface area (Å²) in [6, 6.07) is 0. The van der Waals surface area contributed by atoms with Gasteiger partial charge in [-0.15, -0.1) is 0 Å². The molecule has 2 fully saturated rings. The van der Waals surface area contributed by atoms with Crippen molar-refractivity contribution < 1.29 is 5.11 Å². The Kier molecular flexibility index (Phi) is 4.62. The molecule has 2 aliphatic rings. The van der Waals surface area contributed by atoms with Crippen LogP contribution in [-0.4, -0.2) is 60.8 Å². The molecule has 0 amide bonds. The van der Waals surface area contributed by atoms with Gasteiger partial charge >= 0.3 is 0 Å². The Morgan fingerprint density at radius 2 is 1.69 bits per heavy atom. The van der Waals surface area contributed by atoms with Gasteiger partial charge in [-0.1, -0.05) is 19.3 Å². The van der Waals surface area contributed by atoms with Crippen LogP contribution in [0.25, 0.3) is 0 Å². The third-order valence-corrected chi connectivity index (χ3v) is 4.21. The second kappa shape index (κ2) is 5.99. The molecule has 1 aliphatic heterocycles. The molecule has 3 nitrogen and oxygen atoms in total. The number of rotatable bonds is 2. The predicted octanol–water partition coefficient (Wildman–Crippen LogP) is 1.17. The Morgan fingerprint density at radius 1 is 1.00 bits per heavy atom. The molecule has 0 bridgehead atoms. The van der Waals surface area contributed by atoms with Gasteiger partial charge < -0.3 is 14.9 Å². The summed E-state index contributed by atoms with van der Waals surface area (Å²) in [5.74, 6) is 0.533. The molecule has 16 heavy (non-hydrogen) atoms. The van der Waals surface area contributed by atoms with E-state index in [1.807, 2.05) is 0 Å². The van der Waals surface area contributed by atoms with Crippen LogP contribution in [0.1, 0.15) is 32.1 Å². The Morgan fingerprint density at radius 3 is 2.44 bits per heavy atom. The van der Waals surface area contributed by atoms with Crippen LogP contribution in [0.15, 0.2) is 0 Å². The van der Waals surface area contributed by atoms with E-state index in [0.29, 0.717) is 5.92 Å². The zero-order valence-corrected chi connectivity index (χ0v) is 10.6. The van der Waals surface area contributed by atoms with Gasteiger partial charge in [0.25, 0.3) is 0 Å². The van der Waals surface area contributed by atoms with Crippen molar-refractivity contribution in [3.8, 4) is 0 Å². The van der Waals surface area contributed by atoms with Gasteiger partial charge in [-0.05, 0) is 25.8 Å². The van der Waals surface area contributed by atoms with Crippen LogP contribution in [0.4, 0.5) is 0 Å². The van der Waals surface area contributed by atoms with Crippen molar-refractivity contribution in [2.45, 2.75) is 38.2 Å². The van der Waals surface area contributed by atoms with E-state index in [2.05, 4.69) is 16.8 Å². The van der Waals surface area contributed by atoms with Crippen molar-refractivity contribution in [1.82, 2.24) is 9.80 Å². The van der Waals surface area contributed by atoms with Gasteiger partial charge in [0.1, 0.15) is 0 Å². The molecule has 1 aliphatic carbocycles. The summed E-state index contributed by atoms with van der Waals surface area (Å²) in [5.41, 5.74) is 0. The topological polar surface area (TPSA) is 26.7 Å². The highest BCUT2D eigenvalue weighted by atomic mass is 16.3. The fourth-order valence-corrected chi connectivity index (χ4v) is 2.94. The molecular formula is C13H26N2O. The standard InChI is InChI=1S/C13H26N2O/c1-14-7-9-15(10-8-14)11-12-5-3-2-4-6-13(12)16/h12-13,16H,2-11H2,1H3. The van der Waals surface area contributed by atoms with Crippen molar-refractivity contribution in [2.24, 2.45) is 5.92 Å². The van der Waals surface area contributed by atoms with E-state index < -0.39 is 0 Å². The molecule has 0 spiro atoms. The van der Waals surface area contributed by atoms with Crippen LogP contribution in [0, 0.1) is 5.92 Å². The number of aliphatic hydroxyl groups is 1. The number of nitrogens with zero attached hydrogens (tertiary/aromatic N) is 2. The third-order valence-electron chi connectivity index (χ3n) is 4.21. The number of likely N-dealkylation sites (N-methyl/N-ethyl adjacent to an activating group) is 1. The lowest BCUT2D eigenvalue weighted by Gasteiger charge is -2.35. The van der Waals surface area contributed by atoms with E-state index in [9.17, 15) is 5.11 Å². The van der Waals surface area contributed by atoms with Crippen LogP contribution >= 0.6 is 0 Å². The Labute approximate surface area is 99.4 Å². The van der Waals surface area contributed by atoms with E-state index in [4.69, 9.17) is 0 Å². The summed E-state index contributed by atoms with van der Waals surface area (Å²) >= 11 is 0. The molecule has 0 aromatic rings. The Balaban J connectivity index is 1.78. The molecule has 1 saturated carbocycles. The van der Waals surface area contributed by atoms with Gasteiger partial charge in [-0.3, -0.25) is 0 Å². The minimum atomic E-state index is -0.0397. The summed E-state index contributed by atoms with van der Waals surface area (Å²) in [7, 11) is 2.19. The van der Waals surface area contributed by atoms with Gasteiger partial charge in [0.05, 0.1) is 6.10 Å². The van der Waals surface area contributed by atoms with E-state index in [0.717, 1.165) is 13.0 Å². The average molecular weight is 226 g/mol. The minimum absolute atomic E-state index is 0.0397. The first-order valence-corrected chi connectivity index (χ1v) is 6.84. The maximum Gasteiger partial charge on any atom is 0.0580 e. The largest absolute Gasteiger partial charge is 0.393 e. The lowest BCUT2D eigenvalue weighted by molar-refractivity contribution is 0.0581. The summed E-state index contributed by atoms with van der Waals surface area (Å²) in [6.45, 7) is 5.85. The first-order chi connectivity index (χ1) is 7.75. The summed E-state index contributed by atoms with van der Waals surface area (Å²) in [4.78, 5) is 4.93. The lowest BCUT2D eigenvalue weighted by atomic mass is 9.96. The van der Waals surface area contributed by atoms with Crippen molar-refractivity contribution in [3.05, 3.63) is 0 Å². The van der Waals surface area contributed by atoms with Gasteiger partial charge in [0.15, 0.2) is 0 Å². The van der Waals surface area contributed by atoms with Crippen molar-refractivity contribution in [3.63, 3.8) is 0 Å². The second-order valence-electron chi connectivity index (χ2n) is 5.57. The zero-order valence-electron chi connectivity index (χ0n) is 10.6. The summed E-state index contributed by atoms with van der Waals surface area (Å²) in [5, 5.41) is 10.1. The molecule has 2 rings (SSSR count). The van der Waals surface area contributed by atoms with Crippen molar-refractivity contribution >= 4 is 0 Å². The third kappa shape index (κ3) is 3.44. The first kappa shape index (κ1) is 12.3. The van der Waals surface area contributed by atoms with E-state index >= 15 is 0 Å². The Hall–Kier alpha value is -0.120. The maximum absolute atomic E-state index is 10.1. The molecule has 1 N–H and O–H groups in total. The molecule has 1 saturated heterocycles. The number of hydrogen-bond acceptors (Lipinski definition) is 3. The van der Waals surface area contributed by atoms with Crippen molar-refractivity contribution in [2.75, 3.05) is 39.8 Å². The van der Waals surface area contributed by atoms with Gasteiger partial charge in [-0.2, -0.15) is 0 Å². The predicted molar refractivity (Wildman–Crippen MR) is 66.5 cm³/mol. The average Bonchev–Trinajstić information content (AvgIpc) is 2.48. The van der Waals surface area contributed by atoms with Crippen LogP contribution in [0.5, 0.6) is 0 Å². The fraction of sp³-hybridized carbons (Fsp3) is 1.00. The SMILES string of the molecule is CN1CCN(CC2CCCCCC2O)CC1. The molecule has 3 heteroatoms. The molecule has 2 atom stereocenters. The van der Waals surface area contributed by atoms with E-state index in [-0.39, 0.29) is 6.10 Å². The second-order valence-corrected chi connectivity index (χ2v) is 5.57. The quantitative estimate of drug-likeness (QED) is 0.716. The number of hydrogen-bond donors (Lipinski definition) is 1. The zero-order chi connectivity index (χ0) is 11.4. The molecule has 2 unspecified atom stereocenters. The number of piperazine rings is 1. The maximum atomic E-state index is 10.1. The smallest absolute Gasteiger partial charge is 0.0580 e. The van der Waals surface area contributed by atoms with Gasteiger partial charge in [0, 0.05) is 32.7 Å². The molecule has 0 aromatic heterocycles. The lowest BCUT2D eigenvalue weighted by Crippen LogP contribution is -2.47. The van der Waals surface area contributed by atoms with Crippen LogP contribution in [0.3, 0.4) is 0 Å². The normalized spacial score (nSPS) is 34.9. The molecular weight excluding hydrogens is 200 g/mol. The molecule has 0 radical (unpaired) electrons. The Bertz CT molecular complexity index is 202. The van der Waals surface area contributed by atoms with Crippen molar-refractivity contribution in [1.29, 1.82) is 0 Å². The van der Waals surface area contributed by atoms with E-state index in [1.54, 1.807) is 0 Å². The minimum Gasteiger partial charge on any atom is -0.393 e. The molecule has 94 valence electrons. The molecule has 1 heterocycles. The monoisotopic (exact) mass is 226 g/mol. The summed E-state index contributed by atoms with van der Waals surface area (Å²) in [6.07, 6.45) is 6.07. The first-order valence-electron chi connectivity index (χ1n) is 6.84. The van der Waals surface area contributed by atoms with Gasteiger partial charge in [-0.25, -0.2) is 0 Å². The van der Waals surface area contributed by atoms with Crippen LogP contribution < -0.4 is 0 Å². The van der Waals surface area contributed by atoms with Crippen LogP contribution in [-0.2, 0) is 0 Å². The van der Waals surface area contributed by atoms with Crippen LogP contribution in [0.2, 0.25) is 0 Å². The molecule has 0 aromatic carbocycles. The summed E-state index contributed by atoms with van der Waals surface area (Å²) < 4.78 is 0. The van der Waals surface area contributed by atoms with Gasteiger partial charge in [0.2, 0.25) is 0 Å². The highest BCUT2D eigenvalue weighted by molar-refractivity contribution is 4.78. The highest BCUT2D eigenvalue weighted by Gasteiger charge is 2.25. The fourth-order valence-electron chi connectivity index (χ4n) is 2.94.